The van der Waals surface area contributed by atoms with Crippen molar-refractivity contribution in [1.29, 1.82) is 0 Å². The monoisotopic (exact) mass is 699 g/mol. The van der Waals surface area contributed by atoms with E-state index in [0.717, 1.165) is 23.7 Å². The molecule has 0 saturated heterocycles. The molecule has 7 aromatic rings. The van der Waals surface area contributed by atoms with Gasteiger partial charge in [-0.25, -0.2) is 0 Å². The van der Waals surface area contributed by atoms with Crippen LogP contribution >= 0.6 is 0 Å². The Hall–Kier alpha value is -4.24. The number of hydrogen-bond acceptors (Lipinski definition) is 2. The summed E-state index contributed by atoms with van der Waals surface area (Å²) in [5, 5.41) is 6.05. The maximum absolute atomic E-state index is 5.57. The van der Waals surface area contributed by atoms with Gasteiger partial charge in [-0.05, 0) is 167 Å². The van der Waals surface area contributed by atoms with E-state index in [0.29, 0.717) is 34.5 Å². The standard InChI is InChI=1S/C51H45N3/c1-49(2)38-9-4-3-6-34(38)35-8-5-7-33(45(35)49)24-14-36-43-39(22-52-46-27-12-31-16-29-10-25(41(43)46)18-50(29,31)20-27)54-40-23-53-47-28-13-32-17-30-11-26(19-51(30,32)21-28)42(47)44(40)37(15-24)48(36)54/h3-9,14-15,22-23,25-32H,10-13,16-21H2,1-2H3. The molecule has 4 heterocycles. The Balaban J connectivity index is 1.05. The molecule has 9 aliphatic rings. The lowest BCUT2D eigenvalue weighted by atomic mass is 9.56. The normalized spacial score (nSPS) is 37.4. The van der Waals surface area contributed by atoms with Gasteiger partial charge >= 0.3 is 0 Å². The molecular formula is C51H45N3. The van der Waals surface area contributed by atoms with Crippen molar-refractivity contribution >= 4 is 38.1 Å². The third-order valence-corrected chi connectivity index (χ3v) is 19.3. The molecule has 0 amide bonds. The van der Waals surface area contributed by atoms with Crippen LogP contribution in [0.2, 0.25) is 0 Å². The SMILES string of the molecule is CC1(C)c2ccccc2-c2cccc(-c3cc4c5c6c(ncc5n5c7cnc8c(c7c(c3)c45)C3CC4CC5CC8CC54C3)C3CC4CC5CC6CC45C3)c21. The van der Waals surface area contributed by atoms with Gasteiger partial charge in [0.05, 0.1) is 28.9 Å². The fourth-order valence-corrected chi connectivity index (χ4v) is 17.5. The van der Waals surface area contributed by atoms with Crippen LogP contribution in [0.15, 0.2) is 67.0 Å². The summed E-state index contributed by atoms with van der Waals surface area (Å²) in [5.41, 5.74) is 20.2. The minimum atomic E-state index is -0.0673. The summed E-state index contributed by atoms with van der Waals surface area (Å²) >= 11 is 0. The molecule has 3 heteroatoms. The first-order chi connectivity index (χ1) is 26.4. The third-order valence-electron chi connectivity index (χ3n) is 19.3. The van der Waals surface area contributed by atoms with E-state index in [1.54, 1.807) is 21.9 Å². The van der Waals surface area contributed by atoms with Gasteiger partial charge in [0.2, 0.25) is 0 Å². The lowest BCUT2D eigenvalue weighted by molar-refractivity contribution is 0.00321. The average Bonchev–Trinajstić information content (AvgIpc) is 4.00. The molecule has 16 rings (SSSR count). The van der Waals surface area contributed by atoms with Crippen molar-refractivity contribution in [1.82, 2.24) is 14.4 Å². The van der Waals surface area contributed by atoms with Crippen LogP contribution < -0.4 is 0 Å². The Kier molecular flexibility index (Phi) is 4.41. The highest BCUT2D eigenvalue weighted by Crippen LogP contribution is 2.78. The molecule has 10 unspecified atom stereocenters. The predicted octanol–water partition coefficient (Wildman–Crippen LogP) is 12.4. The van der Waals surface area contributed by atoms with Gasteiger partial charge in [0.1, 0.15) is 0 Å². The molecule has 0 N–H and O–H groups in total. The zero-order valence-electron chi connectivity index (χ0n) is 31.4. The number of fused-ring (bicyclic) bond motifs is 21. The van der Waals surface area contributed by atoms with Crippen molar-refractivity contribution in [2.24, 2.45) is 34.5 Å². The van der Waals surface area contributed by atoms with Crippen LogP contribution in [-0.2, 0) is 5.41 Å². The number of nitrogens with zero attached hydrogens (tertiary/aromatic N) is 3. The molecule has 4 aromatic heterocycles. The first-order valence-corrected chi connectivity index (χ1v) is 21.7. The zero-order valence-corrected chi connectivity index (χ0v) is 31.4. The van der Waals surface area contributed by atoms with Gasteiger partial charge < -0.3 is 4.40 Å². The average molecular weight is 700 g/mol. The number of hydrogen-bond donors (Lipinski definition) is 0. The summed E-state index contributed by atoms with van der Waals surface area (Å²) in [7, 11) is 0. The van der Waals surface area contributed by atoms with E-state index in [1.165, 1.54) is 136 Å². The van der Waals surface area contributed by atoms with E-state index in [4.69, 9.17) is 9.97 Å². The molecule has 6 fully saturated rings. The second-order valence-corrected chi connectivity index (χ2v) is 21.1. The third kappa shape index (κ3) is 2.75. The summed E-state index contributed by atoms with van der Waals surface area (Å²) in [6.45, 7) is 4.92. The molecular weight excluding hydrogens is 655 g/mol. The number of pyridine rings is 2. The molecule has 6 bridgehead atoms. The maximum atomic E-state index is 5.57. The van der Waals surface area contributed by atoms with Crippen molar-refractivity contribution < 1.29 is 0 Å². The minimum absolute atomic E-state index is 0.0673. The van der Waals surface area contributed by atoms with Crippen molar-refractivity contribution in [3.63, 3.8) is 0 Å². The maximum Gasteiger partial charge on any atom is 0.0728 e. The van der Waals surface area contributed by atoms with Crippen LogP contribution in [0, 0.1) is 34.5 Å². The fraction of sp³-hybridized carbons (Fsp3) is 0.451. The van der Waals surface area contributed by atoms with E-state index in [1.807, 2.05) is 0 Å². The van der Waals surface area contributed by atoms with E-state index in [9.17, 15) is 0 Å². The lowest BCUT2D eigenvalue weighted by Gasteiger charge is -2.48. The van der Waals surface area contributed by atoms with Crippen LogP contribution in [0.5, 0.6) is 0 Å². The molecule has 0 aliphatic heterocycles. The molecule has 9 aliphatic carbocycles. The predicted molar refractivity (Wildman–Crippen MR) is 216 cm³/mol. The van der Waals surface area contributed by atoms with Crippen LogP contribution in [0.25, 0.3) is 60.3 Å². The number of benzene rings is 3. The number of aromatic nitrogens is 3. The van der Waals surface area contributed by atoms with E-state index >= 15 is 0 Å². The van der Waals surface area contributed by atoms with Crippen LogP contribution in [0.4, 0.5) is 0 Å². The smallest absolute Gasteiger partial charge is 0.0728 e. The topological polar surface area (TPSA) is 30.2 Å². The molecule has 3 nitrogen and oxygen atoms in total. The highest BCUT2D eigenvalue weighted by atomic mass is 15.0. The summed E-state index contributed by atoms with van der Waals surface area (Å²) < 4.78 is 2.68. The number of rotatable bonds is 1. The van der Waals surface area contributed by atoms with Crippen molar-refractivity contribution in [2.75, 3.05) is 0 Å². The molecule has 0 radical (unpaired) electrons. The summed E-state index contributed by atoms with van der Waals surface area (Å²) in [6, 6.07) is 21.6. The van der Waals surface area contributed by atoms with E-state index in [-0.39, 0.29) is 5.41 Å². The molecule has 54 heavy (non-hydrogen) atoms. The van der Waals surface area contributed by atoms with E-state index < -0.39 is 0 Å². The molecule has 264 valence electrons. The van der Waals surface area contributed by atoms with Crippen molar-refractivity contribution in [3.05, 3.63) is 101 Å². The lowest BCUT2D eigenvalue weighted by Crippen LogP contribution is -2.41. The Bertz CT molecular complexity index is 2820. The van der Waals surface area contributed by atoms with Gasteiger partial charge in [0.15, 0.2) is 0 Å². The Morgan fingerprint density at radius 2 is 1.09 bits per heavy atom. The van der Waals surface area contributed by atoms with Gasteiger partial charge in [0, 0.05) is 50.2 Å². The minimum Gasteiger partial charge on any atom is -0.305 e. The van der Waals surface area contributed by atoms with Crippen LogP contribution in [0.3, 0.4) is 0 Å². The zero-order chi connectivity index (χ0) is 34.8. The fourth-order valence-electron chi connectivity index (χ4n) is 17.5. The van der Waals surface area contributed by atoms with Gasteiger partial charge in [-0.2, -0.15) is 0 Å². The summed E-state index contributed by atoms with van der Waals surface area (Å²) in [6.07, 6.45) is 18.7. The van der Waals surface area contributed by atoms with Crippen LogP contribution in [-0.4, -0.2) is 14.4 Å². The van der Waals surface area contributed by atoms with Gasteiger partial charge in [-0.1, -0.05) is 56.3 Å². The quantitative estimate of drug-likeness (QED) is 0.171. The summed E-state index contributed by atoms with van der Waals surface area (Å²) in [4.78, 5) is 11.1. The van der Waals surface area contributed by atoms with Crippen LogP contribution in [0.1, 0.15) is 135 Å². The first kappa shape index (κ1) is 28.2. The molecule has 6 saturated carbocycles. The molecule has 10 atom stereocenters. The van der Waals surface area contributed by atoms with Crippen molar-refractivity contribution in [2.45, 2.75) is 107 Å². The summed E-state index contributed by atoms with van der Waals surface area (Å²) in [5.74, 6) is 6.39. The molecule has 2 spiro atoms. The largest absolute Gasteiger partial charge is 0.305 e. The van der Waals surface area contributed by atoms with E-state index in [2.05, 4.69) is 85.2 Å². The highest BCUT2D eigenvalue weighted by molar-refractivity contribution is 6.26. The Labute approximate surface area is 315 Å². The van der Waals surface area contributed by atoms with Crippen molar-refractivity contribution in [3.8, 4) is 22.3 Å². The van der Waals surface area contributed by atoms with Gasteiger partial charge in [-0.3, -0.25) is 9.97 Å². The Morgan fingerprint density at radius 3 is 1.70 bits per heavy atom. The molecule has 3 aromatic carbocycles. The second-order valence-electron chi connectivity index (χ2n) is 21.1. The van der Waals surface area contributed by atoms with Gasteiger partial charge in [-0.15, -0.1) is 0 Å². The first-order valence-electron chi connectivity index (χ1n) is 21.7. The Morgan fingerprint density at radius 1 is 0.574 bits per heavy atom. The highest BCUT2D eigenvalue weighted by Gasteiger charge is 2.67. The van der Waals surface area contributed by atoms with Gasteiger partial charge in [0.25, 0.3) is 0 Å². The second kappa shape index (κ2) is 8.45.